The highest BCUT2D eigenvalue weighted by Crippen LogP contribution is 2.25. The zero-order valence-electron chi connectivity index (χ0n) is 11.6. The smallest absolute Gasteiger partial charge is 0.208 e. The van der Waals surface area contributed by atoms with Crippen LogP contribution in [0.1, 0.15) is 47.7 Å². The van der Waals surface area contributed by atoms with Crippen LogP contribution in [0.3, 0.4) is 0 Å². The van der Waals surface area contributed by atoms with Gasteiger partial charge in [0, 0.05) is 6.04 Å². The van der Waals surface area contributed by atoms with Gasteiger partial charge in [-0.15, -0.1) is 0 Å². The minimum Gasteiger partial charge on any atom is -0.445 e. The minimum atomic E-state index is 0.318. The van der Waals surface area contributed by atoms with Crippen LogP contribution in [0.5, 0.6) is 0 Å². The normalized spacial score (nSPS) is 15.5. The fourth-order valence-corrected chi connectivity index (χ4v) is 2.70. The molecule has 1 atom stereocenters. The number of benzene rings is 1. The second kappa shape index (κ2) is 5.17. The number of rotatable bonds is 4. The van der Waals surface area contributed by atoms with Crippen LogP contribution in [0.25, 0.3) is 0 Å². The average molecular weight is 256 g/mol. The summed E-state index contributed by atoms with van der Waals surface area (Å²) in [4.78, 5) is 4.21. The van der Waals surface area contributed by atoms with Crippen LogP contribution in [0.15, 0.2) is 28.8 Å². The molecule has 2 aromatic rings. The second-order valence-corrected chi connectivity index (χ2v) is 5.35. The van der Waals surface area contributed by atoms with Gasteiger partial charge in [-0.1, -0.05) is 18.2 Å². The van der Waals surface area contributed by atoms with Crippen molar-refractivity contribution in [3.63, 3.8) is 0 Å². The number of hydrogen-bond acceptors (Lipinski definition) is 3. The van der Waals surface area contributed by atoms with E-state index in [0.29, 0.717) is 12.6 Å². The summed E-state index contributed by atoms with van der Waals surface area (Å²) in [5.74, 6) is 1.62. The van der Waals surface area contributed by atoms with Gasteiger partial charge in [0.25, 0.3) is 0 Å². The Hall–Kier alpha value is -1.61. The molecule has 3 nitrogen and oxygen atoms in total. The van der Waals surface area contributed by atoms with Crippen molar-refractivity contribution in [3.05, 3.63) is 52.7 Å². The first kappa shape index (κ1) is 12.4. The molecular formula is C16H20N2O. The van der Waals surface area contributed by atoms with Crippen LogP contribution in [0, 0.1) is 6.92 Å². The summed E-state index contributed by atoms with van der Waals surface area (Å²) in [6.07, 6.45) is 5.54. The van der Waals surface area contributed by atoms with E-state index in [-0.39, 0.29) is 0 Å². The third-order valence-corrected chi connectivity index (χ3v) is 3.85. The third-order valence-electron chi connectivity index (χ3n) is 3.85. The van der Waals surface area contributed by atoms with Gasteiger partial charge in [0.2, 0.25) is 5.89 Å². The number of aryl methyl sites for hydroxylation is 3. The van der Waals surface area contributed by atoms with E-state index in [1.165, 1.54) is 36.0 Å². The summed E-state index contributed by atoms with van der Waals surface area (Å²) in [5.41, 5.74) is 4.40. The molecule has 0 saturated heterocycles. The molecule has 1 heterocycles. The summed E-state index contributed by atoms with van der Waals surface area (Å²) in [7, 11) is 0. The van der Waals surface area contributed by atoms with Crippen LogP contribution in [-0.2, 0) is 19.4 Å². The van der Waals surface area contributed by atoms with Gasteiger partial charge in [0.15, 0.2) is 0 Å². The molecule has 0 aliphatic heterocycles. The van der Waals surface area contributed by atoms with Crippen LogP contribution < -0.4 is 5.32 Å². The van der Waals surface area contributed by atoms with Crippen molar-refractivity contribution in [2.75, 3.05) is 0 Å². The van der Waals surface area contributed by atoms with Crippen molar-refractivity contribution in [2.45, 2.75) is 45.7 Å². The fourth-order valence-electron chi connectivity index (χ4n) is 2.70. The zero-order chi connectivity index (χ0) is 13.2. The maximum absolute atomic E-state index is 5.47. The van der Waals surface area contributed by atoms with Crippen LogP contribution in [0.4, 0.5) is 0 Å². The van der Waals surface area contributed by atoms with Crippen molar-refractivity contribution in [2.24, 2.45) is 0 Å². The number of nitrogens with zero attached hydrogens (tertiary/aromatic N) is 1. The fraction of sp³-hybridized carbons (Fsp3) is 0.438. The highest BCUT2D eigenvalue weighted by Gasteiger charge is 2.13. The SMILES string of the molecule is Cc1cnc(CNC(C)c2ccc3c(c2)CCC3)o1. The first-order valence-electron chi connectivity index (χ1n) is 6.99. The molecule has 0 amide bonds. The lowest BCUT2D eigenvalue weighted by Crippen LogP contribution is -2.18. The molecule has 1 aromatic carbocycles. The van der Waals surface area contributed by atoms with Crippen molar-refractivity contribution in [1.29, 1.82) is 0 Å². The van der Waals surface area contributed by atoms with E-state index >= 15 is 0 Å². The van der Waals surface area contributed by atoms with Gasteiger partial charge in [-0.3, -0.25) is 0 Å². The Labute approximate surface area is 114 Å². The quantitative estimate of drug-likeness (QED) is 0.912. The van der Waals surface area contributed by atoms with Gasteiger partial charge >= 0.3 is 0 Å². The van der Waals surface area contributed by atoms with Gasteiger partial charge in [0.1, 0.15) is 5.76 Å². The molecule has 0 fully saturated rings. The molecule has 0 radical (unpaired) electrons. The Balaban J connectivity index is 1.65. The van der Waals surface area contributed by atoms with Gasteiger partial charge < -0.3 is 9.73 Å². The maximum Gasteiger partial charge on any atom is 0.208 e. The van der Waals surface area contributed by atoms with Crippen LogP contribution in [-0.4, -0.2) is 4.98 Å². The molecule has 0 saturated carbocycles. The van der Waals surface area contributed by atoms with Crippen LogP contribution >= 0.6 is 0 Å². The van der Waals surface area contributed by atoms with Crippen molar-refractivity contribution < 1.29 is 4.42 Å². The summed E-state index contributed by atoms with van der Waals surface area (Å²) < 4.78 is 5.47. The Bertz CT molecular complexity index is 574. The van der Waals surface area contributed by atoms with E-state index in [1.807, 2.05) is 6.92 Å². The summed E-state index contributed by atoms with van der Waals surface area (Å²) >= 11 is 0. The number of nitrogens with one attached hydrogen (secondary N) is 1. The Morgan fingerprint density at radius 3 is 2.95 bits per heavy atom. The molecule has 1 aliphatic rings. The lowest BCUT2D eigenvalue weighted by Gasteiger charge is -2.14. The molecule has 3 heteroatoms. The summed E-state index contributed by atoms with van der Waals surface area (Å²) in [6, 6.07) is 7.19. The summed E-state index contributed by atoms with van der Waals surface area (Å²) in [5, 5.41) is 3.46. The van der Waals surface area contributed by atoms with Gasteiger partial charge in [-0.25, -0.2) is 4.98 Å². The number of oxazole rings is 1. The van der Waals surface area contributed by atoms with Crippen LogP contribution in [0.2, 0.25) is 0 Å². The van der Waals surface area contributed by atoms with Crippen molar-refractivity contribution in [1.82, 2.24) is 10.3 Å². The molecule has 3 rings (SSSR count). The summed E-state index contributed by atoms with van der Waals surface area (Å²) in [6.45, 7) is 4.78. The highest BCUT2D eigenvalue weighted by atomic mass is 16.4. The Morgan fingerprint density at radius 2 is 2.16 bits per heavy atom. The molecule has 0 spiro atoms. The molecule has 1 unspecified atom stereocenters. The standard InChI is InChI=1S/C16H20N2O/c1-11-9-18-16(19-11)10-17-12(2)14-7-6-13-4-3-5-15(13)8-14/h6-9,12,17H,3-5,10H2,1-2H3. The first-order valence-corrected chi connectivity index (χ1v) is 6.99. The lowest BCUT2D eigenvalue weighted by atomic mass is 10.0. The van der Waals surface area contributed by atoms with Gasteiger partial charge in [0.05, 0.1) is 12.7 Å². The average Bonchev–Trinajstić information content (AvgIpc) is 3.03. The molecule has 1 aliphatic carbocycles. The van der Waals surface area contributed by atoms with E-state index in [1.54, 1.807) is 6.20 Å². The van der Waals surface area contributed by atoms with E-state index in [0.717, 1.165) is 11.7 Å². The molecule has 1 N–H and O–H groups in total. The molecular weight excluding hydrogens is 236 g/mol. The number of fused-ring (bicyclic) bond motifs is 1. The molecule has 100 valence electrons. The van der Waals surface area contributed by atoms with E-state index in [4.69, 9.17) is 4.42 Å². The van der Waals surface area contributed by atoms with Gasteiger partial charge in [-0.2, -0.15) is 0 Å². The molecule has 1 aromatic heterocycles. The highest BCUT2D eigenvalue weighted by molar-refractivity contribution is 5.36. The topological polar surface area (TPSA) is 38.1 Å². The predicted octanol–water partition coefficient (Wildman–Crippen LogP) is 3.32. The monoisotopic (exact) mass is 256 g/mol. The lowest BCUT2D eigenvalue weighted by molar-refractivity contribution is 0.432. The second-order valence-electron chi connectivity index (χ2n) is 5.35. The Morgan fingerprint density at radius 1 is 1.32 bits per heavy atom. The van der Waals surface area contributed by atoms with Crippen molar-refractivity contribution in [3.8, 4) is 0 Å². The minimum absolute atomic E-state index is 0.318. The van der Waals surface area contributed by atoms with E-state index in [2.05, 4.69) is 35.4 Å². The third kappa shape index (κ3) is 2.71. The zero-order valence-corrected chi connectivity index (χ0v) is 11.6. The molecule has 19 heavy (non-hydrogen) atoms. The molecule has 0 bridgehead atoms. The van der Waals surface area contributed by atoms with E-state index in [9.17, 15) is 0 Å². The van der Waals surface area contributed by atoms with E-state index < -0.39 is 0 Å². The Kier molecular flexibility index (Phi) is 3.38. The predicted molar refractivity (Wildman–Crippen MR) is 75.0 cm³/mol. The maximum atomic E-state index is 5.47. The van der Waals surface area contributed by atoms with Gasteiger partial charge in [-0.05, 0) is 49.8 Å². The largest absolute Gasteiger partial charge is 0.445 e. The first-order chi connectivity index (χ1) is 9.22. The number of hydrogen-bond donors (Lipinski definition) is 1. The van der Waals surface area contributed by atoms with Crippen molar-refractivity contribution >= 4 is 0 Å². The number of aromatic nitrogens is 1.